The number of benzene rings is 2. The Hall–Kier alpha value is -1.87. The average Bonchev–Trinajstić information content (AvgIpc) is 2.49. The Labute approximate surface area is 137 Å². The molecule has 2 aromatic carbocycles. The van der Waals surface area contributed by atoms with Gasteiger partial charge < -0.3 is 14.8 Å². The molecule has 0 spiro atoms. The molecule has 3 nitrogen and oxygen atoms in total. The van der Waals surface area contributed by atoms with Crippen LogP contribution in [0.4, 0.5) is 5.69 Å². The second kappa shape index (κ2) is 7.95. The third-order valence-electron chi connectivity index (χ3n) is 3.03. The highest BCUT2D eigenvalue weighted by molar-refractivity contribution is 6.31. The molecule has 0 aliphatic rings. The van der Waals surface area contributed by atoms with Crippen LogP contribution < -0.4 is 14.8 Å². The number of rotatable bonds is 7. The van der Waals surface area contributed by atoms with Crippen LogP contribution in [0.25, 0.3) is 0 Å². The maximum absolute atomic E-state index is 6.38. The fraction of sp³-hybridized carbons (Fsp3) is 0.333. The zero-order chi connectivity index (χ0) is 15.9. The number of nitrogens with one attached hydrogen (secondary N) is 1. The van der Waals surface area contributed by atoms with Crippen LogP contribution in [0.5, 0.6) is 11.5 Å². The molecule has 0 aromatic heterocycles. The average molecular weight is 320 g/mol. The number of hydrogen-bond donors (Lipinski definition) is 1. The molecule has 1 N–H and O–H groups in total. The lowest BCUT2D eigenvalue weighted by atomic mass is 10.2. The van der Waals surface area contributed by atoms with Crippen molar-refractivity contribution in [2.45, 2.75) is 33.4 Å². The molecule has 0 saturated carbocycles. The monoisotopic (exact) mass is 319 g/mol. The van der Waals surface area contributed by atoms with Gasteiger partial charge in [0.1, 0.15) is 0 Å². The maximum Gasteiger partial charge on any atom is 0.163 e. The highest BCUT2D eigenvalue weighted by atomic mass is 35.5. The summed E-state index contributed by atoms with van der Waals surface area (Å²) in [6.07, 6.45) is 0.0727. The van der Waals surface area contributed by atoms with Crippen LogP contribution in [0.2, 0.25) is 5.02 Å². The molecule has 0 amide bonds. The van der Waals surface area contributed by atoms with Gasteiger partial charge in [0.15, 0.2) is 11.5 Å². The van der Waals surface area contributed by atoms with Crippen molar-refractivity contribution in [2.24, 2.45) is 0 Å². The van der Waals surface area contributed by atoms with Crippen molar-refractivity contribution in [3.8, 4) is 11.5 Å². The van der Waals surface area contributed by atoms with Crippen molar-refractivity contribution in [3.63, 3.8) is 0 Å². The summed E-state index contributed by atoms with van der Waals surface area (Å²) in [5.41, 5.74) is 2.03. The van der Waals surface area contributed by atoms with E-state index < -0.39 is 0 Å². The molecule has 0 radical (unpaired) electrons. The molecule has 4 heteroatoms. The van der Waals surface area contributed by atoms with Gasteiger partial charge in [-0.05, 0) is 44.5 Å². The summed E-state index contributed by atoms with van der Waals surface area (Å²) >= 11 is 6.38. The molecule has 0 aliphatic heterocycles. The molecule has 22 heavy (non-hydrogen) atoms. The SMILES string of the molecule is CCOc1cc(CNc2ccccc2)c(Cl)cc1OC(C)C. The van der Waals surface area contributed by atoms with Crippen molar-refractivity contribution in [3.05, 3.63) is 53.1 Å². The minimum absolute atomic E-state index is 0.0727. The highest BCUT2D eigenvalue weighted by Gasteiger charge is 2.12. The molecule has 0 fully saturated rings. The van der Waals surface area contributed by atoms with Crippen LogP contribution >= 0.6 is 11.6 Å². The van der Waals surface area contributed by atoms with Gasteiger partial charge in [0.2, 0.25) is 0 Å². The van der Waals surface area contributed by atoms with Crippen LogP contribution in [-0.2, 0) is 6.54 Å². The molecule has 0 heterocycles. The third-order valence-corrected chi connectivity index (χ3v) is 3.38. The van der Waals surface area contributed by atoms with E-state index in [-0.39, 0.29) is 6.10 Å². The molecular formula is C18H22ClNO2. The van der Waals surface area contributed by atoms with E-state index in [1.54, 1.807) is 0 Å². The molecule has 0 atom stereocenters. The molecule has 0 saturated heterocycles. The highest BCUT2D eigenvalue weighted by Crippen LogP contribution is 2.34. The van der Waals surface area contributed by atoms with Gasteiger partial charge >= 0.3 is 0 Å². The number of halogens is 1. The predicted molar refractivity (Wildman–Crippen MR) is 92.2 cm³/mol. The van der Waals surface area contributed by atoms with Crippen molar-refractivity contribution < 1.29 is 9.47 Å². The van der Waals surface area contributed by atoms with Crippen LogP contribution in [-0.4, -0.2) is 12.7 Å². The first-order chi connectivity index (χ1) is 10.6. The van der Waals surface area contributed by atoms with E-state index in [4.69, 9.17) is 21.1 Å². The zero-order valence-corrected chi connectivity index (χ0v) is 14.0. The van der Waals surface area contributed by atoms with Gasteiger partial charge in [-0.25, -0.2) is 0 Å². The standard InChI is InChI=1S/C18H22ClNO2/c1-4-21-17-10-14(12-20-15-8-6-5-7-9-15)16(19)11-18(17)22-13(2)3/h5-11,13,20H,4,12H2,1-3H3. The molecule has 2 rings (SSSR count). The number of para-hydroxylation sites is 1. The van der Waals surface area contributed by atoms with E-state index in [1.807, 2.05) is 63.2 Å². The fourth-order valence-corrected chi connectivity index (χ4v) is 2.30. The van der Waals surface area contributed by atoms with Gasteiger partial charge in [0, 0.05) is 23.3 Å². The lowest BCUT2D eigenvalue weighted by Crippen LogP contribution is -2.08. The van der Waals surface area contributed by atoms with E-state index in [0.717, 1.165) is 17.0 Å². The first-order valence-corrected chi connectivity index (χ1v) is 7.88. The lowest BCUT2D eigenvalue weighted by Gasteiger charge is -2.17. The Morgan fingerprint density at radius 3 is 2.45 bits per heavy atom. The topological polar surface area (TPSA) is 30.5 Å². The van der Waals surface area contributed by atoms with Crippen LogP contribution in [0, 0.1) is 0 Å². The number of hydrogen-bond acceptors (Lipinski definition) is 3. The van der Waals surface area contributed by atoms with Gasteiger partial charge in [0.05, 0.1) is 12.7 Å². The van der Waals surface area contributed by atoms with Crippen LogP contribution in [0.15, 0.2) is 42.5 Å². The molecule has 0 unspecified atom stereocenters. The minimum atomic E-state index is 0.0727. The summed E-state index contributed by atoms with van der Waals surface area (Å²) < 4.78 is 11.4. The van der Waals surface area contributed by atoms with Crippen molar-refractivity contribution in [2.75, 3.05) is 11.9 Å². The van der Waals surface area contributed by atoms with Crippen molar-refractivity contribution in [1.82, 2.24) is 0 Å². The Morgan fingerprint density at radius 1 is 1.09 bits per heavy atom. The normalized spacial score (nSPS) is 10.6. The van der Waals surface area contributed by atoms with Crippen LogP contribution in [0.1, 0.15) is 26.3 Å². The van der Waals surface area contributed by atoms with Gasteiger partial charge in [0.25, 0.3) is 0 Å². The Bertz CT molecular complexity index is 600. The maximum atomic E-state index is 6.38. The summed E-state index contributed by atoms with van der Waals surface area (Å²) in [6.45, 7) is 7.13. The van der Waals surface area contributed by atoms with E-state index in [2.05, 4.69) is 5.32 Å². The summed E-state index contributed by atoms with van der Waals surface area (Å²) in [5, 5.41) is 4.02. The van der Waals surface area contributed by atoms with Crippen LogP contribution in [0.3, 0.4) is 0 Å². The Balaban J connectivity index is 2.18. The van der Waals surface area contributed by atoms with E-state index >= 15 is 0 Å². The molecular weight excluding hydrogens is 298 g/mol. The van der Waals surface area contributed by atoms with Gasteiger partial charge in [-0.3, -0.25) is 0 Å². The second-order valence-electron chi connectivity index (χ2n) is 5.21. The zero-order valence-electron chi connectivity index (χ0n) is 13.2. The third kappa shape index (κ3) is 4.57. The first kappa shape index (κ1) is 16.5. The Kier molecular flexibility index (Phi) is 5.96. The Morgan fingerprint density at radius 2 is 1.82 bits per heavy atom. The van der Waals surface area contributed by atoms with Crippen molar-refractivity contribution in [1.29, 1.82) is 0 Å². The van der Waals surface area contributed by atoms with Gasteiger partial charge in [-0.15, -0.1) is 0 Å². The quantitative estimate of drug-likeness (QED) is 0.766. The first-order valence-electron chi connectivity index (χ1n) is 7.51. The second-order valence-corrected chi connectivity index (χ2v) is 5.62. The lowest BCUT2D eigenvalue weighted by molar-refractivity contribution is 0.224. The molecule has 0 aliphatic carbocycles. The van der Waals surface area contributed by atoms with Gasteiger partial charge in [-0.1, -0.05) is 29.8 Å². The molecule has 2 aromatic rings. The summed E-state index contributed by atoms with van der Waals surface area (Å²) in [7, 11) is 0. The molecule has 0 bridgehead atoms. The van der Waals surface area contributed by atoms with Crippen molar-refractivity contribution >= 4 is 17.3 Å². The fourth-order valence-electron chi connectivity index (χ4n) is 2.08. The number of ether oxygens (including phenoxy) is 2. The number of anilines is 1. The van der Waals surface area contributed by atoms with E-state index in [9.17, 15) is 0 Å². The van der Waals surface area contributed by atoms with Gasteiger partial charge in [-0.2, -0.15) is 0 Å². The minimum Gasteiger partial charge on any atom is -0.490 e. The largest absolute Gasteiger partial charge is 0.490 e. The summed E-state index contributed by atoms with van der Waals surface area (Å²) in [5.74, 6) is 1.41. The van der Waals surface area contributed by atoms with E-state index in [1.165, 1.54) is 0 Å². The predicted octanol–water partition coefficient (Wildman–Crippen LogP) is 5.14. The van der Waals surface area contributed by atoms with E-state index in [0.29, 0.717) is 23.9 Å². The smallest absolute Gasteiger partial charge is 0.163 e. The summed E-state index contributed by atoms with van der Waals surface area (Å²) in [4.78, 5) is 0. The molecule has 118 valence electrons. The summed E-state index contributed by atoms with van der Waals surface area (Å²) in [6, 6.07) is 13.8.